The van der Waals surface area contributed by atoms with Crippen LogP contribution in [0.15, 0.2) is 18.2 Å². The first-order valence-corrected chi connectivity index (χ1v) is 6.09. The number of Topliss-reactive ketones (excluding diaryl/α,β-unsaturated/α-hetero) is 1. The van der Waals surface area contributed by atoms with Crippen molar-refractivity contribution >= 4 is 5.78 Å². The molecule has 1 spiro atoms. The summed E-state index contributed by atoms with van der Waals surface area (Å²) in [6.07, 6.45) is 2.32. The van der Waals surface area contributed by atoms with Crippen molar-refractivity contribution in [3.05, 3.63) is 29.3 Å². The van der Waals surface area contributed by atoms with Crippen molar-refractivity contribution < 1.29 is 14.3 Å². The first-order valence-electron chi connectivity index (χ1n) is 6.09. The summed E-state index contributed by atoms with van der Waals surface area (Å²) in [6.45, 7) is 3.30. The van der Waals surface area contributed by atoms with Gasteiger partial charge in [0.2, 0.25) is 0 Å². The van der Waals surface area contributed by atoms with Crippen molar-refractivity contribution in [1.82, 2.24) is 0 Å². The molecule has 2 aliphatic rings. The van der Waals surface area contributed by atoms with E-state index in [4.69, 9.17) is 9.47 Å². The SMILES string of the molecule is Cc1ccc2c(c1)C(=O)CC1(CCCOC1)O2. The minimum Gasteiger partial charge on any atom is -0.484 e. The first kappa shape index (κ1) is 10.8. The van der Waals surface area contributed by atoms with E-state index in [1.54, 1.807) is 0 Å². The third kappa shape index (κ3) is 1.84. The molecule has 1 unspecified atom stereocenters. The second kappa shape index (κ2) is 3.84. The van der Waals surface area contributed by atoms with Crippen molar-refractivity contribution in [3.63, 3.8) is 0 Å². The van der Waals surface area contributed by atoms with E-state index in [0.717, 1.165) is 36.3 Å². The molecule has 1 saturated heterocycles. The van der Waals surface area contributed by atoms with Gasteiger partial charge in [-0.15, -0.1) is 0 Å². The number of ketones is 1. The fourth-order valence-corrected chi connectivity index (χ4v) is 2.65. The third-order valence-corrected chi connectivity index (χ3v) is 3.53. The van der Waals surface area contributed by atoms with Crippen molar-refractivity contribution in [2.75, 3.05) is 13.2 Å². The summed E-state index contributed by atoms with van der Waals surface area (Å²) < 4.78 is 11.5. The molecular formula is C14H16O3. The van der Waals surface area contributed by atoms with E-state index in [-0.39, 0.29) is 5.78 Å². The van der Waals surface area contributed by atoms with Crippen molar-refractivity contribution in [1.29, 1.82) is 0 Å². The lowest BCUT2D eigenvalue weighted by Gasteiger charge is -2.40. The van der Waals surface area contributed by atoms with Gasteiger partial charge < -0.3 is 9.47 Å². The van der Waals surface area contributed by atoms with E-state index in [2.05, 4.69) is 0 Å². The van der Waals surface area contributed by atoms with Crippen molar-refractivity contribution in [2.45, 2.75) is 31.8 Å². The van der Waals surface area contributed by atoms with E-state index >= 15 is 0 Å². The average molecular weight is 232 g/mol. The number of hydrogen-bond acceptors (Lipinski definition) is 3. The van der Waals surface area contributed by atoms with Crippen molar-refractivity contribution in [2.24, 2.45) is 0 Å². The van der Waals surface area contributed by atoms with Gasteiger partial charge in [-0.05, 0) is 31.9 Å². The number of carbonyl (C=O) groups excluding carboxylic acids is 1. The maximum absolute atomic E-state index is 12.2. The van der Waals surface area contributed by atoms with Gasteiger partial charge in [-0.3, -0.25) is 4.79 Å². The Labute approximate surface area is 101 Å². The van der Waals surface area contributed by atoms with Crippen LogP contribution in [0.5, 0.6) is 5.75 Å². The van der Waals surface area contributed by atoms with Crippen LogP contribution in [0, 0.1) is 6.92 Å². The van der Waals surface area contributed by atoms with Gasteiger partial charge in [0.1, 0.15) is 11.4 Å². The highest BCUT2D eigenvalue weighted by atomic mass is 16.5. The molecule has 3 heteroatoms. The molecule has 0 saturated carbocycles. The third-order valence-electron chi connectivity index (χ3n) is 3.53. The fourth-order valence-electron chi connectivity index (χ4n) is 2.65. The molecule has 0 N–H and O–H groups in total. The summed E-state index contributed by atoms with van der Waals surface area (Å²) >= 11 is 0. The Kier molecular flexibility index (Phi) is 2.44. The normalized spacial score (nSPS) is 27.7. The molecule has 1 aromatic rings. The second-order valence-electron chi connectivity index (χ2n) is 5.04. The number of carbonyl (C=O) groups is 1. The van der Waals surface area contributed by atoms with Gasteiger partial charge in [0.05, 0.1) is 18.6 Å². The molecule has 0 aliphatic carbocycles. The predicted molar refractivity (Wildman–Crippen MR) is 63.5 cm³/mol. The van der Waals surface area contributed by atoms with E-state index in [1.165, 1.54) is 0 Å². The lowest BCUT2D eigenvalue weighted by Crippen LogP contribution is -2.48. The zero-order chi connectivity index (χ0) is 11.9. The summed E-state index contributed by atoms with van der Waals surface area (Å²) in [5, 5.41) is 0. The van der Waals surface area contributed by atoms with Crippen LogP contribution in [0.4, 0.5) is 0 Å². The number of aryl methyl sites for hydroxylation is 1. The zero-order valence-electron chi connectivity index (χ0n) is 9.99. The molecule has 0 bridgehead atoms. The molecule has 0 amide bonds. The standard InChI is InChI=1S/C14H16O3/c1-10-3-4-13-11(7-10)12(15)8-14(17-13)5-2-6-16-9-14/h3-4,7H,2,5-6,8-9H2,1H3. The van der Waals surface area contributed by atoms with Gasteiger partial charge in [-0.25, -0.2) is 0 Å². The molecule has 2 heterocycles. The molecule has 0 radical (unpaired) electrons. The summed E-state index contributed by atoms with van der Waals surface area (Å²) in [4.78, 5) is 12.2. The van der Waals surface area contributed by atoms with Crippen LogP contribution in [0.2, 0.25) is 0 Å². The van der Waals surface area contributed by atoms with Crippen molar-refractivity contribution in [3.8, 4) is 5.75 Å². The number of rotatable bonds is 0. The number of ether oxygens (including phenoxy) is 2. The van der Waals surface area contributed by atoms with Crippen LogP contribution in [-0.2, 0) is 4.74 Å². The number of hydrogen-bond donors (Lipinski definition) is 0. The first-order chi connectivity index (χ1) is 8.19. The predicted octanol–water partition coefficient (Wildman–Crippen LogP) is 2.51. The van der Waals surface area contributed by atoms with Crippen LogP contribution in [0.3, 0.4) is 0 Å². The Morgan fingerprint density at radius 2 is 2.24 bits per heavy atom. The molecule has 1 atom stereocenters. The van der Waals surface area contributed by atoms with Crippen LogP contribution in [-0.4, -0.2) is 24.6 Å². The topological polar surface area (TPSA) is 35.5 Å². The van der Waals surface area contributed by atoms with E-state index in [0.29, 0.717) is 13.0 Å². The molecule has 3 rings (SSSR count). The lowest BCUT2D eigenvalue weighted by molar-refractivity contribution is -0.0715. The van der Waals surface area contributed by atoms with Gasteiger partial charge >= 0.3 is 0 Å². The molecule has 2 aliphatic heterocycles. The Morgan fingerprint density at radius 1 is 1.35 bits per heavy atom. The van der Waals surface area contributed by atoms with E-state index in [9.17, 15) is 4.79 Å². The molecule has 3 nitrogen and oxygen atoms in total. The fraction of sp³-hybridized carbons (Fsp3) is 0.500. The molecule has 17 heavy (non-hydrogen) atoms. The summed E-state index contributed by atoms with van der Waals surface area (Å²) in [5.41, 5.74) is 1.41. The minimum absolute atomic E-state index is 0.181. The monoisotopic (exact) mass is 232 g/mol. The van der Waals surface area contributed by atoms with Crippen LogP contribution < -0.4 is 4.74 Å². The molecule has 1 aromatic carbocycles. The van der Waals surface area contributed by atoms with Gasteiger partial charge in [0.25, 0.3) is 0 Å². The molecule has 0 aromatic heterocycles. The van der Waals surface area contributed by atoms with E-state index in [1.807, 2.05) is 25.1 Å². The molecular weight excluding hydrogens is 216 g/mol. The summed E-state index contributed by atoms with van der Waals surface area (Å²) in [7, 11) is 0. The van der Waals surface area contributed by atoms with Gasteiger partial charge in [-0.1, -0.05) is 11.6 Å². The average Bonchev–Trinajstić information content (AvgIpc) is 2.31. The Bertz CT molecular complexity index is 459. The minimum atomic E-state index is -0.405. The Hall–Kier alpha value is -1.35. The highest BCUT2D eigenvalue weighted by Crippen LogP contribution is 2.37. The van der Waals surface area contributed by atoms with Gasteiger partial charge in [-0.2, -0.15) is 0 Å². The number of benzene rings is 1. The Morgan fingerprint density at radius 3 is 3.00 bits per heavy atom. The quantitative estimate of drug-likeness (QED) is 0.689. The van der Waals surface area contributed by atoms with Crippen LogP contribution in [0.25, 0.3) is 0 Å². The summed E-state index contributed by atoms with van der Waals surface area (Å²) in [5.74, 6) is 0.901. The zero-order valence-corrected chi connectivity index (χ0v) is 9.99. The molecule has 1 fully saturated rings. The second-order valence-corrected chi connectivity index (χ2v) is 5.04. The lowest BCUT2D eigenvalue weighted by atomic mass is 9.85. The smallest absolute Gasteiger partial charge is 0.170 e. The highest BCUT2D eigenvalue weighted by molar-refractivity contribution is 6.00. The van der Waals surface area contributed by atoms with Crippen LogP contribution >= 0.6 is 0 Å². The van der Waals surface area contributed by atoms with Gasteiger partial charge in [0, 0.05) is 6.61 Å². The highest BCUT2D eigenvalue weighted by Gasteiger charge is 2.42. The largest absolute Gasteiger partial charge is 0.484 e. The summed E-state index contributed by atoms with van der Waals surface area (Å²) in [6, 6.07) is 5.79. The van der Waals surface area contributed by atoms with Crippen LogP contribution in [0.1, 0.15) is 35.2 Å². The van der Waals surface area contributed by atoms with E-state index < -0.39 is 5.60 Å². The molecule has 90 valence electrons. The number of fused-ring (bicyclic) bond motifs is 1. The maximum atomic E-state index is 12.2. The Balaban J connectivity index is 1.97. The maximum Gasteiger partial charge on any atom is 0.170 e. The van der Waals surface area contributed by atoms with Gasteiger partial charge in [0.15, 0.2) is 5.78 Å².